The molecular formula is C21H22ClFN2S. The Kier molecular flexibility index (Phi) is 6.07. The van der Waals surface area contributed by atoms with Crippen LogP contribution in [-0.2, 0) is 6.42 Å². The van der Waals surface area contributed by atoms with Crippen LogP contribution in [0.25, 0.3) is 10.6 Å². The molecule has 136 valence electrons. The quantitative estimate of drug-likeness (QED) is 0.544. The van der Waals surface area contributed by atoms with E-state index in [1.54, 1.807) is 23.5 Å². The Bertz CT molecular complexity index is 859. The van der Waals surface area contributed by atoms with Crippen molar-refractivity contribution in [2.75, 3.05) is 0 Å². The Hall–Kier alpha value is -1.75. The molecule has 2 nitrogen and oxygen atoms in total. The van der Waals surface area contributed by atoms with Crippen molar-refractivity contribution >= 4 is 22.9 Å². The Morgan fingerprint density at radius 3 is 2.38 bits per heavy atom. The third-order valence-electron chi connectivity index (χ3n) is 4.31. The van der Waals surface area contributed by atoms with Crippen LogP contribution in [0.4, 0.5) is 4.39 Å². The standard InChI is InChI=1S/C21H22ClFN2S/c1-13(12-16-4-8-18(22)9-5-16)24-14(2)20-15(3)25-21(26-20)17-6-10-19(23)11-7-17/h4-11,13-14,24H,12H2,1-3H3. The Morgan fingerprint density at radius 1 is 1.08 bits per heavy atom. The molecule has 0 amide bonds. The summed E-state index contributed by atoms with van der Waals surface area (Å²) >= 11 is 7.61. The maximum Gasteiger partial charge on any atom is 0.123 e. The number of aromatic nitrogens is 1. The van der Waals surface area contributed by atoms with Crippen LogP contribution in [0, 0.1) is 12.7 Å². The Morgan fingerprint density at radius 2 is 1.73 bits per heavy atom. The van der Waals surface area contributed by atoms with E-state index >= 15 is 0 Å². The first-order valence-electron chi connectivity index (χ1n) is 8.66. The van der Waals surface area contributed by atoms with Crippen LogP contribution < -0.4 is 5.32 Å². The zero-order valence-electron chi connectivity index (χ0n) is 15.1. The van der Waals surface area contributed by atoms with Crippen molar-refractivity contribution in [1.82, 2.24) is 10.3 Å². The summed E-state index contributed by atoms with van der Waals surface area (Å²) in [5.74, 6) is -0.228. The predicted octanol–water partition coefficient (Wildman–Crippen LogP) is 6.19. The molecule has 0 bridgehead atoms. The molecule has 0 radical (unpaired) electrons. The zero-order valence-corrected chi connectivity index (χ0v) is 16.7. The van der Waals surface area contributed by atoms with E-state index in [1.807, 2.05) is 19.1 Å². The van der Waals surface area contributed by atoms with Crippen molar-refractivity contribution in [2.24, 2.45) is 0 Å². The highest BCUT2D eigenvalue weighted by Gasteiger charge is 2.17. The number of nitrogens with one attached hydrogen (secondary N) is 1. The van der Waals surface area contributed by atoms with Crippen molar-refractivity contribution < 1.29 is 4.39 Å². The second kappa shape index (κ2) is 8.30. The van der Waals surface area contributed by atoms with Crippen molar-refractivity contribution in [1.29, 1.82) is 0 Å². The molecule has 0 aliphatic rings. The highest BCUT2D eigenvalue weighted by molar-refractivity contribution is 7.15. The minimum absolute atomic E-state index is 0.198. The van der Waals surface area contributed by atoms with E-state index < -0.39 is 0 Å². The van der Waals surface area contributed by atoms with Crippen LogP contribution in [-0.4, -0.2) is 11.0 Å². The van der Waals surface area contributed by atoms with Gasteiger partial charge in [0.1, 0.15) is 10.8 Å². The van der Waals surface area contributed by atoms with Crippen LogP contribution in [0.3, 0.4) is 0 Å². The fourth-order valence-corrected chi connectivity index (χ4v) is 4.27. The van der Waals surface area contributed by atoms with Gasteiger partial charge < -0.3 is 5.32 Å². The number of thiazole rings is 1. The average molecular weight is 389 g/mol. The molecule has 1 aromatic heterocycles. The fourth-order valence-electron chi connectivity index (χ4n) is 3.06. The molecule has 0 saturated carbocycles. The fraction of sp³-hybridized carbons (Fsp3) is 0.286. The molecule has 2 aromatic carbocycles. The molecule has 0 saturated heterocycles. The number of rotatable bonds is 6. The van der Waals surface area contributed by atoms with Gasteiger partial charge in [0.25, 0.3) is 0 Å². The Labute approximate surface area is 163 Å². The third kappa shape index (κ3) is 4.70. The first-order valence-corrected chi connectivity index (χ1v) is 9.85. The molecule has 0 aliphatic heterocycles. The topological polar surface area (TPSA) is 24.9 Å². The monoisotopic (exact) mass is 388 g/mol. The van der Waals surface area contributed by atoms with E-state index in [2.05, 4.69) is 36.3 Å². The summed E-state index contributed by atoms with van der Waals surface area (Å²) in [6.45, 7) is 6.37. The summed E-state index contributed by atoms with van der Waals surface area (Å²) in [5.41, 5.74) is 3.23. The van der Waals surface area contributed by atoms with Crippen LogP contribution >= 0.6 is 22.9 Å². The van der Waals surface area contributed by atoms with Gasteiger partial charge in [0.15, 0.2) is 0 Å². The lowest BCUT2D eigenvalue weighted by molar-refractivity contribution is 0.480. The number of hydrogen-bond acceptors (Lipinski definition) is 3. The molecule has 1 N–H and O–H groups in total. The summed E-state index contributed by atoms with van der Waals surface area (Å²) < 4.78 is 13.1. The lowest BCUT2D eigenvalue weighted by Crippen LogP contribution is -2.30. The number of halogens is 2. The van der Waals surface area contributed by atoms with Crippen molar-refractivity contribution in [3.8, 4) is 10.6 Å². The normalized spacial score (nSPS) is 13.6. The van der Waals surface area contributed by atoms with Gasteiger partial charge in [0, 0.05) is 27.5 Å². The maximum absolute atomic E-state index is 13.1. The number of aryl methyl sites for hydroxylation is 1. The largest absolute Gasteiger partial charge is 0.307 e. The van der Waals surface area contributed by atoms with Crippen LogP contribution in [0.2, 0.25) is 5.02 Å². The molecular weight excluding hydrogens is 367 g/mol. The molecule has 1 heterocycles. The molecule has 3 aromatic rings. The van der Waals surface area contributed by atoms with Gasteiger partial charge in [0.2, 0.25) is 0 Å². The van der Waals surface area contributed by atoms with E-state index in [0.29, 0.717) is 6.04 Å². The van der Waals surface area contributed by atoms with Crippen LogP contribution in [0.15, 0.2) is 48.5 Å². The number of nitrogens with zero attached hydrogens (tertiary/aromatic N) is 1. The van der Waals surface area contributed by atoms with Crippen LogP contribution in [0.5, 0.6) is 0 Å². The SMILES string of the molecule is Cc1nc(-c2ccc(F)cc2)sc1C(C)NC(C)Cc1ccc(Cl)cc1. The molecule has 26 heavy (non-hydrogen) atoms. The van der Waals surface area contributed by atoms with E-state index in [9.17, 15) is 4.39 Å². The summed E-state index contributed by atoms with van der Waals surface area (Å²) in [7, 11) is 0. The first kappa shape index (κ1) is 19.0. The van der Waals surface area contributed by atoms with E-state index in [-0.39, 0.29) is 11.9 Å². The predicted molar refractivity (Wildman–Crippen MR) is 108 cm³/mol. The lowest BCUT2D eigenvalue weighted by Gasteiger charge is -2.19. The smallest absolute Gasteiger partial charge is 0.123 e. The molecule has 0 fully saturated rings. The molecule has 5 heteroatoms. The van der Waals surface area contributed by atoms with Crippen molar-refractivity contribution in [3.63, 3.8) is 0 Å². The van der Waals surface area contributed by atoms with Gasteiger partial charge in [-0.1, -0.05) is 23.7 Å². The second-order valence-electron chi connectivity index (χ2n) is 6.60. The van der Waals surface area contributed by atoms with Gasteiger partial charge in [-0.25, -0.2) is 9.37 Å². The zero-order chi connectivity index (χ0) is 18.7. The van der Waals surface area contributed by atoms with Gasteiger partial charge in [0.05, 0.1) is 5.69 Å². The third-order valence-corrected chi connectivity index (χ3v) is 5.95. The van der Waals surface area contributed by atoms with Gasteiger partial charge in [-0.2, -0.15) is 0 Å². The molecule has 0 aliphatic carbocycles. The summed E-state index contributed by atoms with van der Waals surface area (Å²) in [6.07, 6.45) is 0.935. The van der Waals surface area contributed by atoms with Crippen molar-refractivity contribution in [2.45, 2.75) is 39.3 Å². The Balaban J connectivity index is 1.68. The summed E-state index contributed by atoms with van der Waals surface area (Å²) in [4.78, 5) is 5.89. The lowest BCUT2D eigenvalue weighted by atomic mass is 10.1. The van der Waals surface area contributed by atoms with Crippen LogP contribution in [0.1, 0.15) is 36.0 Å². The van der Waals surface area contributed by atoms with Crippen molar-refractivity contribution in [3.05, 3.63) is 75.5 Å². The minimum atomic E-state index is -0.228. The van der Waals surface area contributed by atoms with E-state index in [4.69, 9.17) is 11.6 Å². The van der Waals surface area contributed by atoms with Gasteiger partial charge >= 0.3 is 0 Å². The highest BCUT2D eigenvalue weighted by atomic mass is 35.5. The van der Waals surface area contributed by atoms with Gasteiger partial charge in [-0.3, -0.25) is 0 Å². The number of benzene rings is 2. The first-order chi connectivity index (χ1) is 12.4. The summed E-state index contributed by atoms with van der Waals surface area (Å²) in [6, 6.07) is 15.0. The second-order valence-corrected chi connectivity index (χ2v) is 8.06. The van der Waals surface area contributed by atoms with Gasteiger partial charge in [-0.05, 0) is 69.2 Å². The van der Waals surface area contributed by atoms with E-state index in [1.165, 1.54) is 22.6 Å². The summed E-state index contributed by atoms with van der Waals surface area (Å²) in [5, 5.41) is 5.34. The molecule has 3 rings (SSSR count). The molecule has 2 atom stereocenters. The average Bonchev–Trinajstić information content (AvgIpc) is 2.99. The minimum Gasteiger partial charge on any atom is -0.307 e. The highest BCUT2D eigenvalue weighted by Crippen LogP contribution is 2.32. The molecule has 0 spiro atoms. The van der Waals surface area contributed by atoms with E-state index in [0.717, 1.165) is 27.7 Å². The maximum atomic E-state index is 13.1. The number of hydrogen-bond donors (Lipinski definition) is 1. The molecule has 2 unspecified atom stereocenters. The van der Waals surface area contributed by atoms with Gasteiger partial charge in [-0.15, -0.1) is 11.3 Å².